The minimum atomic E-state index is 0. The molecule has 0 heterocycles. The van der Waals surface area contributed by atoms with Crippen LogP contribution in [0.2, 0.25) is 0 Å². The molecule has 9 nitrogen and oxygen atoms in total. The molecule has 0 amide bonds. The first kappa shape index (κ1) is 43.1. The Morgan fingerprint density at radius 2 is 0.541 bits per heavy atom. The van der Waals surface area contributed by atoms with Crippen molar-refractivity contribution >= 4 is 17.9 Å². The predicted molar refractivity (Wildman–Crippen MR) is 164 cm³/mol. The zero-order valence-corrected chi connectivity index (χ0v) is 31.2. The summed E-state index contributed by atoms with van der Waals surface area (Å²) in [5.74, 6) is 2.50. The van der Waals surface area contributed by atoms with E-state index < -0.39 is 0 Å². The summed E-state index contributed by atoms with van der Waals surface area (Å²) in [5.41, 5.74) is 0. The van der Waals surface area contributed by atoms with Crippen LogP contribution in [-0.4, -0.2) is 111 Å². The molecule has 0 rings (SSSR count). The number of hydrogen-bond donors (Lipinski definition) is 0. The Kier molecular flexibility index (Phi) is 28.0. The van der Waals surface area contributed by atoms with Crippen LogP contribution in [0, 0.1) is 35.6 Å². The minimum Gasteiger partial charge on any atom is -0.421 e. The molecule has 216 valence electrons. The molecule has 0 aliphatic heterocycles. The fraction of sp³-hybridized carbons (Fsp3) is 0.889. The summed E-state index contributed by atoms with van der Waals surface area (Å²) in [6, 6.07) is 2.71. The van der Waals surface area contributed by atoms with Crippen LogP contribution < -0.4 is 0 Å². The van der Waals surface area contributed by atoms with Crippen LogP contribution in [0.3, 0.4) is 0 Å². The van der Waals surface area contributed by atoms with Crippen molar-refractivity contribution in [2.75, 3.05) is 42.3 Å². The van der Waals surface area contributed by atoms with Gasteiger partial charge in [-0.2, -0.15) is 0 Å². The van der Waals surface area contributed by atoms with Gasteiger partial charge in [-0.05, 0) is 78.5 Å². The van der Waals surface area contributed by atoms with Crippen molar-refractivity contribution in [2.24, 2.45) is 15.0 Å². The molecule has 10 heteroatoms. The third-order valence-electron chi connectivity index (χ3n) is 5.23. The molecular formula is C27H60LaN9. The molecule has 0 bridgehead atoms. The number of guanidine groups is 3. The summed E-state index contributed by atoms with van der Waals surface area (Å²) >= 11 is 0. The Morgan fingerprint density at radius 1 is 0.405 bits per heavy atom. The van der Waals surface area contributed by atoms with Gasteiger partial charge in [0.15, 0.2) is 0 Å². The van der Waals surface area contributed by atoms with Gasteiger partial charge >= 0.3 is 35.6 Å². The van der Waals surface area contributed by atoms with Gasteiger partial charge in [-0.25, -0.2) is 0 Å². The van der Waals surface area contributed by atoms with Crippen LogP contribution >= 0.6 is 0 Å². The fourth-order valence-corrected chi connectivity index (χ4v) is 4.17. The van der Waals surface area contributed by atoms with Crippen molar-refractivity contribution in [2.45, 2.75) is 119 Å². The molecule has 0 fully saturated rings. The largest absolute Gasteiger partial charge is 3.00 e. The summed E-state index contributed by atoms with van der Waals surface area (Å²) in [7, 11) is 10.7. The number of nitrogens with zero attached hydrogens (tertiary/aromatic N) is 9. The molecule has 0 radical (unpaired) electrons. The average Bonchev–Trinajstić information content (AvgIpc) is 2.77. The molecule has 0 atom stereocenters. The maximum absolute atomic E-state index is 4.13. The van der Waals surface area contributed by atoms with Gasteiger partial charge in [0.2, 0.25) is 0 Å². The van der Waals surface area contributed by atoms with Crippen molar-refractivity contribution in [1.82, 2.24) is 14.7 Å². The Hall–Kier alpha value is -0.995. The van der Waals surface area contributed by atoms with Crippen LogP contribution in [-0.2, 0) is 0 Å². The van der Waals surface area contributed by atoms with E-state index in [1.807, 2.05) is 0 Å². The zero-order chi connectivity index (χ0) is 29.2. The van der Waals surface area contributed by atoms with Gasteiger partial charge < -0.3 is 45.6 Å². The standard InChI is InChI=1S/3C9H20N3.La/c3*1-7(2)12(8(3)4)9(10-5)11-6;/h3*7-8H,1-6H3;/q3*-1;+3. The van der Waals surface area contributed by atoms with Gasteiger partial charge in [0.05, 0.1) is 0 Å². The predicted octanol–water partition coefficient (Wildman–Crippen LogP) is 6.28. The second-order valence-electron chi connectivity index (χ2n) is 10.0. The SMILES string of the molecule is CN=C([N-]C)N(C(C)C)C(C)C.CN=C([N-]C)N(C(C)C)C(C)C.CN=C([N-]C)N(C(C)C)C(C)C.[La+3]. The van der Waals surface area contributed by atoms with Gasteiger partial charge in [0, 0.05) is 17.9 Å². The number of aliphatic imine (C=N–C) groups is 3. The normalized spacial score (nSPS) is 12.2. The van der Waals surface area contributed by atoms with E-state index in [9.17, 15) is 0 Å². The summed E-state index contributed by atoms with van der Waals surface area (Å²) < 4.78 is 0. The Balaban J connectivity index is -0.000000218. The molecule has 0 spiro atoms. The summed E-state index contributed by atoms with van der Waals surface area (Å²) in [5, 5.41) is 12.4. The first-order valence-electron chi connectivity index (χ1n) is 13.2. The smallest absolute Gasteiger partial charge is 0.421 e. The molecule has 0 aromatic heterocycles. The summed E-state index contributed by atoms with van der Waals surface area (Å²) in [4.78, 5) is 19.0. The second kappa shape index (κ2) is 24.1. The van der Waals surface area contributed by atoms with E-state index in [2.05, 4.69) is 129 Å². The van der Waals surface area contributed by atoms with Crippen molar-refractivity contribution in [1.29, 1.82) is 0 Å². The zero-order valence-electron chi connectivity index (χ0n) is 27.6. The van der Waals surface area contributed by atoms with E-state index >= 15 is 0 Å². The van der Waals surface area contributed by atoms with Crippen molar-refractivity contribution in [3.63, 3.8) is 0 Å². The van der Waals surface area contributed by atoms with Crippen molar-refractivity contribution in [3.05, 3.63) is 16.0 Å². The van der Waals surface area contributed by atoms with E-state index in [1.54, 1.807) is 42.3 Å². The molecule has 0 aliphatic rings. The average molecular weight is 650 g/mol. The molecule has 0 saturated carbocycles. The minimum absolute atomic E-state index is 0. The molecule has 0 aliphatic carbocycles. The van der Waals surface area contributed by atoms with Gasteiger partial charge in [0.25, 0.3) is 0 Å². The van der Waals surface area contributed by atoms with Crippen LogP contribution in [0.4, 0.5) is 0 Å². The number of rotatable bonds is 6. The maximum Gasteiger partial charge on any atom is 3.00 e. The molecule has 0 aromatic carbocycles. The Labute approximate surface area is 259 Å². The first-order valence-corrected chi connectivity index (χ1v) is 13.2. The Morgan fingerprint density at radius 3 is 0.568 bits per heavy atom. The van der Waals surface area contributed by atoms with E-state index in [0.29, 0.717) is 36.3 Å². The Bertz CT molecular complexity index is 518. The number of hydrogen-bond acceptors (Lipinski definition) is 3. The maximum atomic E-state index is 4.13. The molecular weight excluding hydrogens is 589 g/mol. The third-order valence-corrected chi connectivity index (χ3v) is 5.23. The van der Waals surface area contributed by atoms with Crippen LogP contribution in [0.5, 0.6) is 0 Å². The molecule has 0 unspecified atom stereocenters. The van der Waals surface area contributed by atoms with Gasteiger partial charge in [0.1, 0.15) is 0 Å². The second-order valence-corrected chi connectivity index (χ2v) is 10.0. The summed E-state index contributed by atoms with van der Waals surface area (Å²) in [6.07, 6.45) is 0. The van der Waals surface area contributed by atoms with Crippen LogP contribution in [0.15, 0.2) is 15.0 Å². The van der Waals surface area contributed by atoms with E-state index in [1.165, 1.54) is 0 Å². The topological polar surface area (TPSA) is 89.1 Å². The van der Waals surface area contributed by atoms with Crippen LogP contribution in [0.1, 0.15) is 83.1 Å². The molecule has 0 N–H and O–H groups in total. The van der Waals surface area contributed by atoms with Gasteiger partial charge in [-0.1, -0.05) is 83.1 Å². The summed E-state index contributed by atoms with van der Waals surface area (Å²) in [6.45, 7) is 25.8. The fourth-order valence-electron chi connectivity index (χ4n) is 4.17. The van der Waals surface area contributed by atoms with E-state index in [0.717, 1.165) is 17.9 Å². The monoisotopic (exact) mass is 649 g/mol. The van der Waals surface area contributed by atoms with Crippen molar-refractivity contribution < 1.29 is 35.6 Å². The van der Waals surface area contributed by atoms with Crippen LogP contribution in [0.25, 0.3) is 16.0 Å². The quantitative estimate of drug-likeness (QED) is 0.251. The third kappa shape index (κ3) is 17.3. The van der Waals surface area contributed by atoms with E-state index in [4.69, 9.17) is 0 Å². The van der Waals surface area contributed by atoms with E-state index in [-0.39, 0.29) is 35.6 Å². The molecule has 0 saturated heterocycles. The molecule has 0 aromatic rings. The van der Waals surface area contributed by atoms with Gasteiger partial charge in [-0.15, -0.1) is 0 Å². The van der Waals surface area contributed by atoms with Gasteiger partial charge in [-0.3, -0.25) is 0 Å². The van der Waals surface area contributed by atoms with Crippen molar-refractivity contribution in [3.8, 4) is 0 Å². The molecule has 37 heavy (non-hydrogen) atoms. The first-order chi connectivity index (χ1) is 16.6.